The van der Waals surface area contributed by atoms with Crippen molar-refractivity contribution in [3.8, 4) is 0 Å². The molecule has 0 unspecified atom stereocenters. The van der Waals surface area contributed by atoms with Crippen LogP contribution in [-0.2, 0) is 16.6 Å². The molecule has 0 amide bonds. The molecule has 1 aromatic carbocycles. The summed E-state index contributed by atoms with van der Waals surface area (Å²) in [6, 6.07) is 4.23. The van der Waals surface area contributed by atoms with Gasteiger partial charge in [0, 0.05) is 6.54 Å². The van der Waals surface area contributed by atoms with Gasteiger partial charge in [0.25, 0.3) is 0 Å². The molecule has 0 fully saturated rings. The first-order chi connectivity index (χ1) is 8.34. The van der Waals surface area contributed by atoms with Gasteiger partial charge in [0.2, 0.25) is 10.0 Å². The van der Waals surface area contributed by atoms with Crippen LogP contribution in [-0.4, -0.2) is 14.2 Å². The maximum Gasteiger partial charge on any atom is 0.232 e. The van der Waals surface area contributed by atoms with Crippen LogP contribution in [0.5, 0.6) is 0 Å². The summed E-state index contributed by atoms with van der Waals surface area (Å²) >= 11 is 0. The van der Waals surface area contributed by atoms with Crippen molar-refractivity contribution in [3.05, 3.63) is 29.6 Å². The largest absolute Gasteiger partial charge is 0.326 e. The Hall–Kier alpha value is -1.14. The Kier molecular flexibility index (Phi) is 5.10. The van der Waals surface area contributed by atoms with Crippen molar-refractivity contribution in [2.75, 3.05) is 10.5 Å². The number of hydrogen-bond acceptors (Lipinski definition) is 3. The number of hydrogen-bond donors (Lipinski definition) is 2. The molecule has 1 aromatic rings. The summed E-state index contributed by atoms with van der Waals surface area (Å²) in [7, 11) is -3.49. The highest BCUT2D eigenvalue weighted by atomic mass is 32.2. The quantitative estimate of drug-likeness (QED) is 0.834. The lowest BCUT2D eigenvalue weighted by Crippen LogP contribution is -2.18. The predicted molar refractivity (Wildman–Crippen MR) is 71.2 cm³/mol. The van der Waals surface area contributed by atoms with Crippen LogP contribution in [0.4, 0.5) is 10.1 Å². The van der Waals surface area contributed by atoms with Crippen LogP contribution < -0.4 is 10.5 Å². The average molecular weight is 274 g/mol. The molecule has 1 rings (SSSR count). The monoisotopic (exact) mass is 274 g/mol. The SMILES string of the molecule is CC(C)CCS(=O)(=O)Nc1ccc(CN)cc1F. The molecule has 0 aliphatic carbocycles. The van der Waals surface area contributed by atoms with E-state index in [2.05, 4.69) is 4.72 Å². The van der Waals surface area contributed by atoms with E-state index in [1.807, 2.05) is 13.8 Å². The third-order valence-corrected chi connectivity index (χ3v) is 3.80. The average Bonchev–Trinajstić information content (AvgIpc) is 2.29. The van der Waals surface area contributed by atoms with Gasteiger partial charge in [-0.1, -0.05) is 19.9 Å². The lowest BCUT2D eigenvalue weighted by molar-refractivity contribution is 0.576. The van der Waals surface area contributed by atoms with Gasteiger partial charge in [-0.3, -0.25) is 4.72 Å². The molecule has 3 N–H and O–H groups in total. The molecule has 0 aliphatic heterocycles. The van der Waals surface area contributed by atoms with Crippen LogP contribution >= 0.6 is 0 Å². The number of benzene rings is 1. The molecule has 0 bridgehead atoms. The Bertz CT molecular complexity index is 501. The van der Waals surface area contributed by atoms with Crippen LogP contribution in [0.25, 0.3) is 0 Å². The summed E-state index contributed by atoms with van der Waals surface area (Å²) < 4.78 is 39.3. The molecule has 4 nitrogen and oxygen atoms in total. The Labute approximate surface area is 107 Å². The minimum absolute atomic E-state index is 0.0112. The van der Waals surface area contributed by atoms with Crippen LogP contribution in [0, 0.1) is 11.7 Å². The number of halogens is 1. The van der Waals surface area contributed by atoms with Gasteiger partial charge >= 0.3 is 0 Å². The van der Waals surface area contributed by atoms with Gasteiger partial charge in [0.15, 0.2) is 0 Å². The summed E-state index contributed by atoms with van der Waals surface area (Å²) in [5.74, 6) is -0.333. The highest BCUT2D eigenvalue weighted by molar-refractivity contribution is 7.92. The second-order valence-electron chi connectivity index (χ2n) is 4.62. The second-order valence-corrected chi connectivity index (χ2v) is 6.46. The molecule has 0 atom stereocenters. The Morgan fingerprint density at radius 2 is 2.06 bits per heavy atom. The van der Waals surface area contributed by atoms with Gasteiger partial charge in [-0.25, -0.2) is 12.8 Å². The van der Waals surface area contributed by atoms with E-state index in [1.54, 1.807) is 6.07 Å². The smallest absolute Gasteiger partial charge is 0.232 e. The van der Waals surface area contributed by atoms with Crippen LogP contribution in [0.15, 0.2) is 18.2 Å². The normalized spacial score (nSPS) is 11.8. The summed E-state index contributed by atoms with van der Waals surface area (Å²) in [6.45, 7) is 4.09. The molecule has 0 saturated carbocycles. The van der Waals surface area contributed by atoms with E-state index in [1.165, 1.54) is 12.1 Å². The minimum Gasteiger partial charge on any atom is -0.326 e. The predicted octanol–water partition coefficient (Wildman–Crippen LogP) is 2.07. The number of anilines is 1. The lowest BCUT2D eigenvalue weighted by Gasteiger charge is -2.10. The first kappa shape index (κ1) is 14.9. The highest BCUT2D eigenvalue weighted by Crippen LogP contribution is 2.17. The number of rotatable bonds is 6. The van der Waals surface area contributed by atoms with E-state index in [-0.39, 0.29) is 23.9 Å². The van der Waals surface area contributed by atoms with Crippen LogP contribution in [0.1, 0.15) is 25.8 Å². The summed E-state index contributed by atoms with van der Waals surface area (Å²) in [5.41, 5.74) is 5.96. The molecule has 6 heteroatoms. The second kappa shape index (κ2) is 6.15. The molecule has 0 saturated heterocycles. The van der Waals surface area contributed by atoms with Gasteiger partial charge in [0.1, 0.15) is 5.82 Å². The van der Waals surface area contributed by atoms with Crippen molar-refractivity contribution in [3.63, 3.8) is 0 Å². The number of nitrogens with two attached hydrogens (primary N) is 1. The van der Waals surface area contributed by atoms with Crippen molar-refractivity contribution < 1.29 is 12.8 Å². The molecule has 0 radical (unpaired) electrons. The maximum atomic E-state index is 13.6. The zero-order valence-corrected chi connectivity index (χ0v) is 11.4. The zero-order chi connectivity index (χ0) is 13.8. The first-order valence-corrected chi connectivity index (χ1v) is 7.48. The standard InChI is InChI=1S/C12H19FN2O2S/c1-9(2)5-6-18(16,17)15-12-4-3-10(8-14)7-11(12)13/h3-4,7,9,15H,5-6,8,14H2,1-2H3. The third-order valence-electron chi connectivity index (χ3n) is 2.50. The molecule has 0 aromatic heterocycles. The molecular formula is C12H19FN2O2S. The van der Waals surface area contributed by atoms with Crippen molar-refractivity contribution in [2.24, 2.45) is 11.7 Å². The van der Waals surface area contributed by atoms with E-state index in [0.717, 1.165) is 0 Å². The van der Waals surface area contributed by atoms with Crippen molar-refractivity contribution in [2.45, 2.75) is 26.8 Å². The Morgan fingerprint density at radius 3 is 2.56 bits per heavy atom. The van der Waals surface area contributed by atoms with Gasteiger partial charge in [0.05, 0.1) is 11.4 Å². The molecular weight excluding hydrogens is 255 g/mol. The third kappa shape index (κ3) is 4.62. The van der Waals surface area contributed by atoms with E-state index in [9.17, 15) is 12.8 Å². The van der Waals surface area contributed by atoms with Crippen molar-refractivity contribution in [1.82, 2.24) is 0 Å². The lowest BCUT2D eigenvalue weighted by atomic mass is 10.2. The Balaban J connectivity index is 2.78. The number of sulfonamides is 1. The van der Waals surface area contributed by atoms with Gasteiger partial charge in [-0.05, 0) is 30.0 Å². The van der Waals surface area contributed by atoms with Crippen LogP contribution in [0.3, 0.4) is 0 Å². The zero-order valence-electron chi connectivity index (χ0n) is 10.6. The van der Waals surface area contributed by atoms with E-state index < -0.39 is 15.8 Å². The fourth-order valence-electron chi connectivity index (χ4n) is 1.38. The van der Waals surface area contributed by atoms with Crippen molar-refractivity contribution >= 4 is 15.7 Å². The van der Waals surface area contributed by atoms with Gasteiger partial charge < -0.3 is 5.73 Å². The molecule has 18 heavy (non-hydrogen) atoms. The molecule has 0 heterocycles. The van der Waals surface area contributed by atoms with Crippen LogP contribution in [0.2, 0.25) is 0 Å². The molecule has 0 aliphatic rings. The fourth-order valence-corrected chi connectivity index (χ4v) is 2.76. The molecule has 0 spiro atoms. The topological polar surface area (TPSA) is 72.2 Å². The van der Waals surface area contributed by atoms with Gasteiger partial charge in [-0.15, -0.1) is 0 Å². The van der Waals surface area contributed by atoms with E-state index in [0.29, 0.717) is 12.0 Å². The highest BCUT2D eigenvalue weighted by Gasteiger charge is 2.14. The Morgan fingerprint density at radius 1 is 1.39 bits per heavy atom. The summed E-state index contributed by atoms with van der Waals surface area (Å²) in [4.78, 5) is 0. The van der Waals surface area contributed by atoms with Crippen molar-refractivity contribution in [1.29, 1.82) is 0 Å². The first-order valence-electron chi connectivity index (χ1n) is 5.83. The van der Waals surface area contributed by atoms with E-state index in [4.69, 9.17) is 5.73 Å². The molecule has 102 valence electrons. The maximum absolute atomic E-state index is 13.6. The van der Waals surface area contributed by atoms with E-state index >= 15 is 0 Å². The number of nitrogens with one attached hydrogen (secondary N) is 1. The fraction of sp³-hybridized carbons (Fsp3) is 0.500. The summed E-state index contributed by atoms with van der Waals surface area (Å²) in [6.07, 6.45) is 0.540. The van der Waals surface area contributed by atoms with Gasteiger partial charge in [-0.2, -0.15) is 0 Å². The minimum atomic E-state index is -3.49. The summed E-state index contributed by atoms with van der Waals surface area (Å²) in [5, 5.41) is 0.